The molecule has 0 spiro atoms. The monoisotopic (exact) mass is 145 g/mol. The van der Waals surface area contributed by atoms with Crippen molar-refractivity contribution in [3.05, 3.63) is 0 Å². The van der Waals surface area contributed by atoms with Gasteiger partial charge in [0.05, 0.1) is 6.73 Å². The van der Waals surface area contributed by atoms with Crippen LogP contribution < -0.4 is 0 Å². The maximum atomic E-state index is 10.4. The highest BCUT2D eigenvalue weighted by molar-refractivity contribution is 5.75. The smallest absolute Gasteiger partial charge is 0.129 e. The Kier molecular flexibility index (Phi) is 5.16. The van der Waals surface area contributed by atoms with Crippen LogP contribution in [-0.2, 0) is 4.79 Å². The first-order valence-electron chi connectivity index (χ1n) is 3.45. The van der Waals surface area contributed by atoms with Crippen LogP contribution in [0.15, 0.2) is 0 Å². The number of hydrogen-bond acceptors (Lipinski definition) is 3. The molecule has 0 radical (unpaired) electrons. The van der Waals surface area contributed by atoms with Gasteiger partial charge in [-0.15, -0.1) is 0 Å². The molecule has 60 valence electrons. The molecular weight excluding hydrogens is 130 g/mol. The Bertz CT molecular complexity index is 104. The fourth-order valence-electron chi connectivity index (χ4n) is 0.669. The van der Waals surface area contributed by atoms with Crippen molar-refractivity contribution in [1.29, 1.82) is 0 Å². The van der Waals surface area contributed by atoms with Gasteiger partial charge in [0.25, 0.3) is 0 Å². The summed E-state index contributed by atoms with van der Waals surface area (Å²) in [7, 11) is 1.82. The van der Waals surface area contributed by atoms with Crippen LogP contribution in [0.4, 0.5) is 0 Å². The van der Waals surface area contributed by atoms with E-state index in [0.29, 0.717) is 6.42 Å². The van der Waals surface area contributed by atoms with Gasteiger partial charge >= 0.3 is 0 Å². The van der Waals surface area contributed by atoms with E-state index >= 15 is 0 Å². The molecule has 10 heavy (non-hydrogen) atoms. The maximum absolute atomic E-state index is 10.4. The summed E-state index contributed by atoms with van der Waals surface area (Å²) < 4.78 is 0. The van der Waals surface area contributed by atoms with Gasteiger partial charge in [0, 0.05) is 13.0 Å². The van der Waals surface area contributed by atoms with Crippen LogP contribution >= 0.6 is 0 Å². The zero-order valence-corrected chi connectivity index (χ0v) is 6.63. The van der Waals surface area contributed by atoms with E-state index in [0.717, 1.165) is 13.0 Å². The molecule has 0 aliphatic rings. The Labute approximate surface area is 61.6 Å². The van der Waals surface area contributed by atoms with Crippen LogP contribution in [0.3, 0.4) is 0 Å². The van der Waals surface area contributed by atoms with Gasteiger partial charge in [0.15, 0.2) is 0 Å². The predicted molar refractivity (Wildman–Crippen MR) is 39.6 cm³/mol. The first kappa shape index (κ1) is 9.59. The van der Waals surface area contributed by atoms with E-state index in [-0.39, 0.29) is 12.5 Å². The van der Waals surface area contributed by atoms with Crippen LogP contribution in [0.25, 0.3) is 0 Å². The maximum Gasteiger partial charge on any atom is 0.129 e. The normalized spacial score (nSPS) is 10.4. The van der Waals surface area contributed by atoms with Gasteiger partial charge in [-0.1, -0.05) is 0 Å². The quantitative estimate of drug-likeness (QED) is 0.563. The lowest BCUT2D eigenvalue weighted by Gasteiger charge is -2.10. The minimum absolute atomic E-state index is 0.0674. The topological polar surface area (TPSA) is 40.5 Å². The molecular formula is C7H15NO2. The molecule has 0 rings (SSSR count). The van der Waals surface area contributed by atoms with Crippen molar-refractivity contribution in [2.45, 2.75) is 19.8 Å². The van der Waals surface area contributed by atoms with Crippen molar-refractivity contribution in [3.63, 3.8) is 0 Å². The summed E-state index contributed by atoms with van der Waals surface area (Å²) in [6, 6.07) is 0. The molecule has 3 nitrogen and oxygen atoms in total. The van der Waals surface area contributed by atoms with Gasteiger partial charge in [-0.3, -0.25) is 4.90 Å². The van der Waals surface area contributed by atoms with E-state index in [9.17, 15) is 4.79 Å². The molecule has 0 saturated heterocycles. The second kappa shape index (κ2) is 5.38. The lowest BCUT2D eigenvalue weighted by atomic mass is 10.2. The highest BCUT2D eigenvalue weighted by Crippen LogP contribution is 1.91. The van der Waals surface area contributed by atoms with Crippen molar-refractivity contribution in [1.82, 2.24) is 4.90 Å². The van der Waals surface area contributed by atoms with Crippen molar-refractivity contribution < 1.29 is 9.90 Å². The lowest BCUT2D eigenvalue weighted by molar-refractivity contribution is -0.117. The zero-order valence-electron chi connectivity index (χ0n) is 6.63. The standard InChI is InChI=1S/C7H15NO2/c1-7(10)4-3-5-8(2)6-9/h9H,3-6H2,1-2H3. The molecule has 0 bridgehead atoms. The number of hydrogen-bond donors (Lipinski definition) is 1. The number of rotatable bonds is 5. The molecule has 0 amide bonds. The number of aliphatic hydroxyl groups excluding tert-OH is 1. The molecule has 0 saturated carbocycles. The highest BCUT2D eigenvalue weighted by atomic mass is 16.3. The first-order chi connectivity index (χ1) is 4.66. The van der Waals surface area contributed by atoms with E-state index in [1.165, 1.54) is 0 Å². The summed E-state index contributed by atoms with van der Waals surface area (Å²) >= 11 is 0. The molecule has 0 unspecified atom stereocenters. The Morgan fingerprint density at radius 1 is 1.60 bits per heavy atom. The fraction of sp³-hybridized carbons (Fsp3) is 0.857. The summed E-state index contributed by atoms with van der Waals surface area (Å²) in [6.07, 6.45) is 1.46. The second-order valence-corrected chi connectivity index (χ2v) is 2.53. The van der Waals surface area contributed by atoms with Gasteiger partial charge in [0.2, 0.25) is 0 Å². The average molecular weight is 145 g/mol. The molecule has 0 fully saturated rings. The number of nitrogens with zero attached hydrogens (tertiary/aromatic N) is 1. The molecule has 0 aliphatic heterocycles. The largest absolute Gasteiger partial charge is 0.381 e. The number of Topliss-reactive ketones (excluding diaryl/α,β-unsaturated/α-hetero) is 1. The van der Waals surface area contributed by atoms with Crippen molar-refractivity contribution in [3.8, 4) is 0 Å². The summed E-state index contributed by atoms with van der Waals surface area (Å²) in [6.45, 7) is 2.44. The zero-order chi connectivity index (χ0) is 7.98. The van der Waals surface area contributed by atoms with Crippen molar-refractivity contribution in [2.75, 3.05) is 20.3 Å². The summed E-state index contributed by atoms with van der Waals surface area (Å²) in [5.74, 6) is 0.214. The molecule has 0 atom stereocenters. The Balaban J connectivity index is 3.11. The van der Waals surface area contributed by atoms with E-state index in [1.54, 1.807) is 11.8 Å². The minimum atomic E-state index is 0.0674. The number of carbonyl (C=O) groups is 1. The van der Waals surface area contributed by atoms with Gasteiger partial charge in [-0.2, -0.15) is 0 Å². The molecule has 0 aromatic rings. The van der Waals surface area contributed by atoms with Crippen LogP contribution in [0.1, 0.15) is 19.8 Å². The third-order valence-corrected chi connectivity index (χ3v) is 1.31. The van der Waals surface area contributed by atoms with E-state index in [1.807, 2.05) is 7.05 Å². The second-order valence-electron chi connectivity index (χ2n) is 2.53. The van der Waals surface area contributed by atoms with Crippen molar-refractivity contribution in [2.24, 2.45) is 0 Å². The Hall–Kier alpha value is -0.410. The van der Waals surface area contributed by atoms with Gasteiger partial charge < -0.3 is 9.90 Å². The minimum Gasteiger partial charge on any atom is -0.381 e. The number of ketones is 1. The van der Waals surface area contributed by atoms with Crippen molar-refractivity contribution >= 4 is 5.78 Å². The van der Waals surface area contributed by atoms with Crippen LogP contribution in [-0.4, -0.2) is 36.1 Å². The highest BCUT2D eigenvalue weighted by Gasteiger charge is 1.96. The molecule has 0 heterocycles. The summed E-state index contributed by atoms with van der Waals surface area (Å²) in [5, 5.41) is 8.54. The summed E-state index contributed by atoms with van der Waals surface area (Å²) in [5.41, 5.74) is 0. The third-order valence-electron chi connectivity index (χ3n) is 1.31. The number of carbonyl (C=O) groups excluding carboxylic acids is 1. The molecule has 0 aliphatic carbocycles. The van der Waals surface area contributed by atoms with E-state index in [4.69, 9.17) is 5.11 Å². The summed E-state index contributed by atoms with van der Waals surface area (Å²) in [4.78, 5) is 12.2. The van der Waals surface area contributed by atoms with Gasteiger partial charge in [-0.05, 0) is 20.4 Å². The van der Waals surface area contributed by atoms with E-state index < -0.39 is 0 Å². The molecule has 1 N–H and O–H groups in total. The molecule has 3 heteroatoms. The van der Waals surface area contributed by atoms with Gasteiger partial charge in [0.1, 0.15) is 5.78 Å². The third kappa shape index (κ3) is 5.72. The average Bonchev–Trinajstić information content (AvgIpc) is 1.87. The van der Waals surface area contributed by atoms with Crippen LogP contribution in [0.5, 0.6) is 0 Å². The Morgan fingerprint density at radius 2 is 2.20 bits per heavy atom. The predicted octanol–water partition coefficient (Wildman–Crippen LogP) is 0.237. The molecule has 0 aromatic heterocycles. The SMILES string of the molecule is CC(=O)CCCN(C)CO. The molecule has 0 aromatic carbocycles. The number of aliphatic hydroxyl groups is 1. The van der Waals surface area contributed by atoms with Crippen LogP contribution in [0, 0.1) is 0 Å². The lowest BCUT2D eigenvalue weighted by Crippen LogP contribution is -2.20. The Morgan fingerprint density at radius 3 is 2.60 bits per heavy atom. The van der Waals surface area contributed by atoms with Crippen LogP contribution in [0.2, 0.25) is 0 Å². The van der Waals surface area contributed by atoms with E-state index in [2.05, 4.69) is 0 Å². The first-order valence-corrected chi connectivity index (χ1v) is 3.45. The van der Waals surface area contributed by atoms with Gasteiger partial charge in [-0.25, -0.2) is 0 Å². The fourth-order valence-corrected chi connectivity index (χ4v) is 0.669.